The molecule has 30 heavy (non-hydrogen) atoms. The number of aliphatic hydroxyl groups is 1. The molecule has 3 rings (SSSR count). The van der Waals surface area contributed by atoms with Gasteiger partial charge in [0.2, 0.25) is 10.0 Å². The highest BCUT2D eigenvalue weighted by molar-refractivity contribution is 7.89. The smallest absolute Gasteiger partial charge is 0.240 e. The van der Waals surface area contributed by atoms with Crippen LogP contribution in [0.1, 0.15) is 25.1 Å². The van der Waals surface area contributed by atoms with Crippen LogP contribution in [0.3, 0.4) is 0 Å². The molecule has 0 aliphatic carbocycles. The van der Waals surface area contributed by atoms with Gasteiger partial charge in [0.25, 0.3) is 0 Å². The second-order valence-corrected chi connectivity index (χ2v) is 10.1. The van der Waals surface area contributed by atoms with Crippen LogP contribution < -0.4 is 10.5 Å². The maximum Gasteiger partial charge on any atom is 0.240 e. The van der Waals surface area contributed by atoms with Gasteiger partial charge < -0.3 is 15.8 Å². The van der Waals surface area contributed by atoms with E-state index in [-0.39, 0.29) is 18.0 Å². The van der Waals surface area contributed by atoms with Gasteiger partial charge in [0.1, 0.15) is 5.82 Å². The highest BCUT2D eigenvalue weighted by atomic mass is 32.2. The van der Waals surface area contributed by atoms with Crippen LogP contribution in [0.5, 0.6) is 0 Å². The molecule has 0 unspecified atom stereocenters. The van der Waals surface area contributed by atoms with E-state index in [1.165, 1.54) is 0 Å². The molecule has 160 valence electrons. The molecule has 1 aromatic carbocycles. The van der Waals surface area contributed by atoms with Crippen molar-refractivity contribution < 1.29 is 13.5 Å². The Morgan fingerprint density at radius 1 is 1.13 bits per heavy atom. The van der Waals surface area contributed by atoms with Crippen LogP contribution >= 0.6 is 0 Å². The number of aliphatic hydroxyl groups excluding tert-OH is 1. The molecular formula is C22H28N4O3S. The van der Waals surface area contributed by atoms with E-state index in [4.69, 9.17) is 5.73 Å². The number of H-pyrrole nitrogens is 1. The fourth-order valence-electron chi connectivity index (χ4n) is 3.01. The topological polar surface area (TPSA) is 121 Å². The molecule has 0 amide bonds. The molecule has 0 spiro atoms. The lowest BCUT2D eigenvalue weighted by Gasteiger charge is -2.22. The predicted octanol–water partition coefficient (Wildman–Crippen LogP) is 3.24. The highest BCUT2D eigenvalue weighted by Gasteiger charge is 2.22. The zero-order valence-electron chi connectivity index (χ0n) is 17.7. The number of aromatic amines is 1. The SMILES string of the molecule is Cc1ccc(-c2cc(-c3cc(S(=O)(=O)NCC(C)(C)CO)ccc3C)cnc2N)[nH]1. The van der Waals surface area contributed by atoms with E-state index >= 15 is 0 Å². The number of hydrogen-bond donors (Lipinski definition) is 4. The van der Waals surface area contributed by atoms with E-state index in [1.807, 2.05) is 32.0 Å². The number of nitrogen functional groups attached to an aromatic ring is 1. The first kappa shape index (κ1) is 22.0. The van der Waals surface area contributed by atoms with Crippen LogP contribution in [0.2, 0.25) is 0 Å². The van der Waals surface area contributed by atoms with Crippen molar-refractivity contribution in [3.63, 3.8) is 0 Å². The second kappa shape index (κ2) is 8.22. The summed E-state index contributed by atoms with van der Waals surface area (Å²) in [6, 6.07) is 10.8. The molecule has 0 aliphatic rings. The van der Waals surface area contributed by atoms with Gasteiger partial charge in [0, 0.05) is 47.3 Å². The van der Waals surface area contributed by atoms with Gasteiger partial charge in [-0.15, -0.1) is 0 Å². The summed E-state index contributed by atoms with van der Waals surface area (Å²) in [4.78, 5) is 7.73. The molecule has 2 aromatic heterocycles. The Kier molecular flexibility index (Phi) is 6.03. The number of aromatic nitrogens is 2. The summed E-state index contributed by atoms with van der Waals surface area (Å²) in [5.74, 6) is 0.398. The Hall–Kier alpha value is -2.68. The zero-order chi connectivity index (χ0) is 22.1. The fourth-order valence-corrected chi connectivity index (χ4v) is 4.28. The number of pyridine rings is 1. The molecule has 5 N–H and O–H groups in total. The first-order chi connectivity index (χ1) is 14.0. The standard InChI is InChI=1S/C22H28N4O3S/c1-14-5-7-17(30(28,29)25-12-22(3,4)13-27)10-18(14)16-9-19(21(23)24-11-16)20-8-6-15(2)26-20/h5-11,25-27H,12-13H2,1-4H3,(H2,23,24). The van der Waals surface area contributed by atoms with Crippen LogP contribution in [-0.4, -0.2) is 36.6 Å². The number of anilines is 1. The molecule has 0 saturated heterocycles. The number of nitrogens with two attached hydrogens (primary N) is 1. The Morgan fingerprint density at radius 3 is 2.50 bits per heavy atom. The number of aryl methyl sites for hydroxylation is 2. The molecular weight excluding hydrogens is 400 g/mol. The summed E-state index contributed by atoms with van der Waals surface area (Å²) in [7, 11) is -3.73. The van der Waals surface area contributed by atoms with Crippen LogP contribution in [-0.2, 0) is 10.0 Å². The maximum absolute atomic E-state index is 12.8. The lowest BCUT2D eigenvalue weighted by atomic mass is 9.96. The minimum Gasteiger partial charge on any atom is -0.396 e. The molecule has 2 heterocycles. The summed E-state index contributed by atoms with van der Waals surface area (Å²) < 4.78 is 28.2. The number of nitrogens with one attached hydrogen (secondary N) is 2. The van der Waals surface area contributed by atoms with Gasteiger partial charge in [0.05, 0.1) is 4.90 Å². The van der Waals surface area contributed by atoms with Gasteiger partial charge in [-0.1, -0.05) is 19.9 Å². The van der Waals surface area contributed by atoms with Crippen LogP contribution in [0.15, 0.2) is 47.5 Å². The van der Waals surface area contributed by atoms with E-state index < -0.39 is 15.4 Å². The first-order valence-electron chi connectivity index (χ1n) is 9.65. The predicted molar refractivity (Wildman–Crippen MR) is 119 cm³/mol. The molecule has 7 nitrogen and oxygen atoms in total. The summed E-state index contributed by atoms with van der Waals surface area (Å²) in [6.07, 6.45) is 1.65. The van der Waals surface area contributed by atoms with Gasteiger partial charge >= 0.3 is 0 Å². The van der Waals surface area contributed by atoms with Crippen molar-refractivity contribution in [2.75, 3.05) is 18.9 Å². The van der Waals surface area contributed by atoms with Crippen molar-refractivity contribution >= 4 is 15.8 Å². The minimum absolute atomic E-state index is 0.118. The van der Waals surface area contributed by atoms with Gasteiger partial charge in [-0.25, -0.2) is 18.1 Å². The van der Waals surface area contributed by atoms with Gasteiger partial charge in [-0.05, 0) is 55.3 Å². The first-order valence-corrected chi connectivity index (χ1v) is 11.1. The maximum atomic E-state index is 12.8. The quantitative estimate of drug-likeness (QED) is 0.460. The fraction of sp³-hybridized carbons (Fsp3) is 0.318. The third-order valence-electron chi connectivity index (χ3n) is 5.04. The Labute approximate surface area is 177 Å². The number of sulfonamides is 1. The summed E-state index contributed by atoms with van der Waals surface area (Å²) in [6.45, 7) is 7.48. The Bertz CT molecular complexity index is 1170. The second-order valence-electron chi connectivity index (χ2n) is 8.34. The normalized spacial score (nSPS) is 12.3. The van der Waals surface area contributed by atoms with Crippen LogP contribution in [0.4, 0.5) is 5.82 Å². The number of rotatable bonds is 7. The molecule has 0 saturated carbocycles. The Morgan fingerprint density at radius 2 is 1.87 bits per heavy atom. The molecule has 3 aromatic rings. The lowest BCUT2D eigenvalue weighted by Crippen LogP contribution is -2.36. The van der Waals surface area contributed by atoms with Crippen molar-refractivity contribution in [3.05, 3.63) is 53.9 Å². The average molecular weight is 429 g/mol. The average Bonchev–Trinajstić information content (AvgIpc) is 3.13. The van der Waals surface area contributed by atoms with E-state index in [1.54, 1.807) is 38.2 Å². The van der Waals surface area contributed by atoms with E-state index in [0.29, 0.717) is 5.82 Å². The largest absolute Gasteiger partial charge is 0.396 e. The number of hydrogen-bond acceptors (Lipinski definition) is 5. The minimum atomic E-state index is -3.73. The molecule has 0 bridgehead atoms. The van der Waals surface area contributed by atoms with Gasteiger partial charge in [-0.3, -0.25) is 0 Å². The van der Waals surface area contributed by atoms with E-state index in [9.17, 15) is 13.5 Å². The van der Waals surface area contributed by atoms with Crippen molar-refractivity contribution in [2.45, 2.75) is 32.6 Å². The molecule has 0 aliphatic heterocycles. The van der Waals surface area contributed by atoms with Gasteiger partial charge in [0.15, 0.2) is 0 Å². The zero-order valence-corrected chi connectivity index (χ0v) is 18.5. The summed E-state index contributed by atoms with van der Waals surface area (Å²) in [5.41, 5.74) is 10.6. The lowest BCUT2D eigenvalue weighted by molar-refractivity contribution is 0.163. The molecule has 8 heteroatoms. The number of benzene rings is 1. The third-order valence-corrected chi connectivity index (χ3v) is 6.44. The van der Waals surface area contributed by atoms with Crippen molar-refractivity contribution in [2.24, 2.45) is 5.41 Å². The molecule has 0 fully saturated rings. The van der Waals surface area contributed by atoms with Crippen LogP contribution in [0.25, 0.3) is 22.4 Å². The highest BCUT2D eigenvalue weighted by Crippen LogP contribution is 2.32. The molecule has 0 radical (unpaired) electrons. The summed E-state index contributed by atoms with van der Waals surface area (Å²) in [5, 5.41) is 9.38. The molecule has 0 atom stereocenters. The third kappa shape index (κ3) is 4.72. The van der Waals surface area contributed by atoms with E-state index in [0.717, 1.165) is 33.6 Å². The van der Waals surface area contributed by atoms with E-state index in [2.05, 4.69) is 14.7 Å². The Balaban J connectivity index is 2.00. The summed E-state index contributed by atoms with van der Waals surface area (Å²) >= 11 is 0. The van der Waals surface area contributed by atoms with Crippen molar-refractivity contribution in [3.8, 4) is 22.4 Å². The van der Waals surface area contributed by atoms with Crippen LogP contribution in [0, 0.1) is 19.3 Å². The van der Waals surface area contributed by atoms with Crippen molar-refractivity contribution in [1.82, 2.24) is 14.7 Å². The van der Waals surface area contributed by atoms with Crippen molar-refractivity contribution in [1.29, 1.82) is 0 Å². The number of nitrogens with zero attached hydrogens (tertiary/aromatic N) is 1. The monoisotopic (exact) mass is 428 g/mol. The van der Waals surface area contributed by atoms with Gasteiger partial charge in [-0.2, -0.15) is 0 Å².